The number of rotatable bonds is 5. The molecule has 0 saturated heterocycles. The Morgan fingerprint density at radius 1 is 1.00 bits per heavy atom. The molecule has 1 N–H and O–H groups in total. The summed E-state index contributed by atoms with van der Waals surface area (Å²) < 4.78 is 0. The summed E-state index contributed by atoms with van der Waals surface area (Å²) in [5.74, 6) is 0. The van der Waals surface area contributed by atoms with Gasteiger partial charge in [-0.15, -0.1) is 0 Å². The first-order valence-electron chi connectivity index (χ1n) is 7.92. The van der Waals surface area contributed by atoms with E-state index in [0.717, 1.165) is 19.5 Å². The molecule has 0 bridgehead atoms. The van der Waals surface area contributed by atoms with Crippen molar-refractivity contribution in [3.63, 3.8) is 0 Å². The molecule has 0 aliphatic carbocycles. The predicted octanol–water partition coefficient (Wildman–Crippen LogP) is 4.46. The van der Waals surface area contributed by atoms with Crippen LogP contribution in [0, 0.1) is 13.8 Å². The lowest BCUT2D eigenvalue weighted by Crippen LogP contribution is -2.20. The average molecular weight is 292 g/mol. The van der Waals surface area contributed by atoms with Gasteiger partial charge in [-0.1, -0.05) is 41.5 Å². The predicted molar refractivity (Wildman–Crippen MR) is 94.3 cm³/mol. The number of aryl methyl sites for hydroxylation is 2. The van der Waals surface area contributed by atoms with Crippen LogP contribution < -0.4 is 0 Å². The maximum Gasteiger partial charge on any atom is 0.0456 e. The van der Waals surface area contributed by atoms with Crippen molar-refractivity contribution < 1.29 is 0 Å². The SMILES string of the molecule is Cc1cccc(CN(C)CCc2c[nH]c3ccc(C)cc23)c1. The zero-order chi connectivity index (χ0) is 15.5. The summed E-state index contributed by atoms with van der Waals surface area (Å²) in [5.41, 5.74) is 6.69. The largest absolute Gasteiger partial charge is 0.361 e. The molecule has 3 rings (SSSR count). The molecule has 2 aromatic carbocycles. The van der Waals surface area contributed by atoms with Gasteiger partial charge in [-0.05, 0) is 50.6 Å². The van der Waals surface area contributed by atoms with Crippen molar-refractivity contribution in [2.24, 2.45) is 0 Å². The summed E-state index contributed by atoms with van der Waals surface area (Å²) in [4.78, 5) is 5.77. The van der Waals surface area contributed by atoms with Gasteiger partial charge in [0.25, 0.3) is 0 Å². The quantitative estimate of drug-likeness (QED) is 0.735. The van der Waals surface area contributed by atoms with Crippen LogP contribution in [0.2, 0.25) is 0 Å². The van der Waals surface area contributed by atoms with Crippen molar-refractivity contribution in [3.05, 3.63) is 70.9 Å². The second kappa shape index (κ2) is 6.37. The van der Waals surface area contributed by atoms with Gasteiger partial charge in [-0.3, -0.25) is 0 Å². The van der Waals surface area contributed by atoms with Crippen LogP contribution in [0.3, 0.4) is 0 Å². The fourth-order valence-electron chi connectivity index (χ4n) is 3.01. The first-order valence-corrected chi connectivity index (χ1v) is 7.92. The normalized spacial score (nSPS) is 11.5. The Morgan fingerprint density at radius 3 is 2.64 bits per heavy atom. The molecule has 22 heavy (non-hydrogen) atoms. The number of hydrogen-bond donors (Lipinski definition) is 1. The Labute approximate surface area is 132 Å². The summed E-state index contributed by atoms with van der Waals surface area (Å²) in [6.07, 6.45) is 3.23. The highest BCUT2D eigenvalue weighted by atomic mass is 15.1. The lowest BCUT2D eigenvalue weighted by Gasteiger charge is -2.16. The molecule has 114 valence electrons. The third kappa shape index (κ3) is 3.40. The van der Waals surface area contributed by atoms with Crippen LogP contribution in [0.15, 0.2) is 48.7 Å². The van der Waals surface area contributed by atoms with Crippen LogP contribution in [0.4, 0.5) is 0 Å². The molecule has 1 heterocycles. The first-order chi connectivity index (χ1) is 10.6. The van der Waals surface area contributed by atoms with Crippen molar-refractivity contribution in [2.45, 2.75) is 26.8 Å². The summed E-state index contributed by atoms with van der Waals surface area (Å²) in [6, 6.07) is 15.4. The molecule has 0 aliphatic heterocycles. The minimum absolute atomic E-state index is 1.00. The molecular weight excluding hydrogens is 268 g/mol. The van der Waals surface area contributed by atoms with E-state index < -0.39 is 0 Å². The van der Waals surface area contributed by atoms with Gasteiger partial charge < -0.3 is 9.88 Å². The summed E-state index contributed by atoms with van der Waals surface area (Å²) in [6.45, 7) is 6.37. The highest BCUT2D eigenvalue weighted by Crippen LogP contribution is 2.20. The van der Waals surface area contributed by atoms with E-state index in [4.69, 9.17) is 0 Å². The summed E-state index contributed by atoms with van der Waals surface area (Å²) in [7, 11) is 2.20. The molecule has 0 spiro atoms. The van der Waals surface area contributed by atoms with Gasteiger partial charge in [0, 0.05) is 30.2 Å². The van der Waals surface area contributed by atoms with Crippen molar-refractivity contribution in [2.75, 3.05) is 13.6 Å². The highest BCUT2D eigenvalue weighted by molar-refractivity contribution is 5.83. The fourth-order valence-corrected chi connectivity index (χ4v) is 3.01. The van der Waals surface area contributed by atoms with Gasteiger partial charge in [-0.2, -0.15) is 0 Å². The van der Waals surface area contributed by atoms with E-state index in [9.17, 15) is 0 Å². The molecule has 0 aliphatic rings. The molecule has 0 radical (unpaired) electrons. The van der Waals surface area contributed by atoms with E-state index in [-0.39, 0.29) is 0 Å². The van der Waals surface area contributed by atoms with Gasteiger partial charge in [0.2, 0.25) is 0 Å². The van der Waals surface area contributed by atoms with Crippen molar-refractivity contribution in [3.8, 4) is 0 Å². The molecule has 0 atom stereocenters. The van der Waals surface area contributed by atoms with E-state index >= 15 is 0 Å². The van der Waals surface area contributed by atoms with Gasteiger partial charge in [0.15, 0.2) is 0 Å². The lowest BCUT2D eigenvalue weighted by molar-refractivity contribution is 0.331. The molecule has 3 aromatic rings. The second-order valence-corrected chi connectivity index (χ2v) is 6.34. The van der Waals surface area contributed by atoms with Crippen molar-refractivity contribution in [1.82, 2.24) is 9.88 Å². The lowest BCUT2D eigenvalue weighted by atomic mass is 10.1. The van der Waals surface area contributed by atoms with E-state index in [1.54, 1.807) is 0 Å². The number of likely N-dealkylation sites (N-methyl/N-ethyl adjacent to an activating group) is 1. The zero-order valence-electron chi connectivity index (χ0n) is 13.7. The smallest absolute Gasteiger partial charge is 0.0456 e. The van der Waals surface area contributed by atoms with E-state index in [1.807, 2.05) is 0 Å². The number of nitrogens with one attached hydrogen (secondary N) is 1. The molecule has 2 nitrogen and oxygen atoms in total. The minimum atomic E-state index is 1.00. The average Bonchev–Trinajstić information content (AvgIpc) is 2.87. The maximum atomic E-state index is 3.38. The topological polar surface area (TPSA) is 19.0 Å². The monoisotopic (exact) mass is 292 g/mol. The zero-order valence-corrected chi connectivity index (χ0v) is 13.7. The number of aromatic nitrogens is 1. The second-order valence-electron chi connectivity index (χ2n) is 6.34. The standard InChI is InChI=1S/C20H24N2/c1-15-5-4-6-17(11-15)14-22(3)10-9-18-13-21-20-8-7-16(2)12-19(18)20/h4-8,11-13,21H,9-10,14H2,1-3H3. The third-order valence-electron chi connectivity index (χ3n) is 4.22. The van der Waals surface area contributed by atoms with Crippen molar-refractivity contribution in [1.29, 1.82) is 0 Å². The number of H-pyrrole nitrogens is 1. The molecule has 1 aromatic heterocycles. The Balaban J connectivity index is 1.65. The molecule has 0 fully saturated rings. The highest BCUT2D eigenvalue weighted by Gasteiger charge is 2.06. The van der Waals surface area contributed by atoms with Gasteiger partial charge in [0.05, 0.1) is 0 Å². The van der Waals surface area contributed by atoms with Gasteiger partial charge in [0.1, 0.15) is 0 Å². The number of nitrogens with zero attached hydrogens (tertiary/aromatic N) is 1. The van der Waals surface area contributed by atoms with Crippen LogP contribution >= 0.6 is 0 Å². The Hall–Kier alpha value is -2.06. The maximum absolute atomic E-state index is 3.38. The van der Waals surface area contributed by atoms with Crippen LogP contribution in [-0.2, 0) is 13.0 Å². The molecule has 2 heteroatoms. The molecule has 0 unspecified atom stereocenters. The van der Waals surface area contributed by atoms with E-state index in [0.29, 0.717) is 0 Å². The minimum Gasteiger partial charge on any atom is -0.361 e. The number of hydrogen-bond acceptors (Lipinski definition) is 1. The number of fused-ring (bicyclic) bond motifs is 1. The van der Waals surface area contributed by atoms with E-state index in [1.165, 1.54) is 33.2 Å². The Bertz CT molecular complexity index is 770. The molecule has 0 amide bonds. The number of benzene rings is 2. The van der Waals surface area contributed by atoms with Gasteiger partial charge >= 0.3 is 0 Å². The fraction of sp³-hybridized carbons (Fsp3) is 0.300. The summed E-state index contributed by atoms with van der Waals surface area (Å²) >= 11 is 0. The van der Waals surface area contributed by atoms with Crippen molar-refractivity contribution >= 4 is 10.9 Å². The summed E-state index contributed by atoms with van der Waals surface area (Å²) in [5, 5.41) is 1.36. The Kier molecular flexibility index (Phi) is 4.30. The Morgan fingerprint density at radius 2 is 1.82 bits per heavy atom. The molecular formula is C20H24N2. The van der Waals surface area contributed by atoms with Crippen LogP contribution in [0.5, 0.6) is 0 Å². The third-order valence-corrected chi connectivity index (χ3v) is 4.22. The first kappa shape index (κ1) is 14.9. The number of aromatic amines is 1. The van der Waals surface area contributed by atoms with Crippen LogP contribution in [-0.4, -0.2) is 23.5 Å². The molecule has 0 saturated carbocycles. The van der Waals surface area contributed by atoms with Crippen LogP contribution in [0.25, 0.3) is 10.9 Å². The van der Waals surface area contributed by atoms with Crippen LogP contribution in [0.1, 0.15) is 22.3 Å². The van der Waals surface area contributed by atoms with Gasteiger partial charge in [-0.25, -0.2) is 0 Å². The van der Waals surface area contributed by atoms with E-state index in [2.05, 4.69) is 79.4 Å².